The topological polar surface area (TPSA) is 78.2 Å². The lowest BCUT2D eigenvalue weighted by atomic mass is 10.4. The lowest BCUT2D eigenvalue weighted by Gasteiger charge is -1.74. The van der Waals surface area contributed by atoms with Crippen LogP contribution in [0.4, 0.5) is 0 Å². The first-order chi connectivity index (χ1) is 4.63. The molecule has 0 spiro atoms. The van der Waals surface area contributed by atoms with E-state index in [2.05, 4.69) is 0 Å². The van der Waals surface area contributed by atoms with Crippen molar-refractivity contribution in [3.8, 4) is 0 Å². The summed E-state index contributed by atoms with van der Waals surface area (Å²) >= 11 is 0. The molecule has 0 atom stereocenters. The number of aliphatic carboxylic acids is 1. The third-order valence-electron chi connectivity index (χ3n) is 0.598. The highest BCUT2D eigenvalue weighted by atomic mass is 16.4. The maximum Gasteiger partial charge on any atom is 0.328 e. The van der Waals surface area contributed by atoms with Crippen molar-refractivity contribution in [2.45, 2.75) is 0 Å². The summed E-state index contributed by atoms with van der Waals surface area (Å²) in [7, 11) is 0. The van der Waals surface area contributed by atoms with Crippen LogP contribution < -0.4 is 5.73 Å². The van der Waals surface area contributed by atoms with E-state index in [1.807, 2.05) is 0 Å². The van der Waals surface area contributed by atoms with Gasteiger partial charge in [-0.25, -0.2) is 4.79 Å². The lowest BCUT2D eigenvalue weighted by Crippen LogP contribution is -1.89. The Morgan fingerprint density at radius 2 is 1.70 bits per heavy atom. The monoisotopic (exact) mass is 140 g/mol. The molecule has 0 unspecified atom stereocenters. The highest BCUT2D eigenvalue weighted by molar-refractivity contribution is 5.86. The second-order valence-electron chi connectivity index (χ2n) is 1.42. The Morgan fingerprint density at radius 3 is 2.10 bits per heavy atom. The summed E-state index contributed by atoms with van der Waals surface area (Å²) < 4.78 is 0. The molecule has 1 amide bonds. The average Bonchev–Trinajstić information content (AvgIpc) is 1.79. The van der Waals surface area contributed by atoms with Gasteiger partial charge in [-0.15, -0.1) is 0 Å². The number of amides is 1. The van der Waals surface area contributed by atoms with Crippen LogP contribution in [-0.2, 0) is 9.59 Å². The summed E-state index contributed by atoms with van der Waals surface area (Å²) in [5, 5.41) is 8.03. The van der Waals surface area contributed by atoms with E-state index < -0.39 is 11.9 Å². The van der Waals surface area contributed by atoms with Crippen LogP contribution >= 0.6 is 0 Å². The maximum absolute atomic E-state index is 9.89. The van der Waals surface area contributed by atoms with E-state index >= 15 is 0 Å². The molecule has 0 aromatic rings. The van der Waals surface area contributed by atoms with Gasteiger partial charge in [0.2, 0.25) is 0 Å². The normalized spacial score (nSPS) is 10.8. The fraction of sp³-hybridized carbons (Fsp3) is 0. The third-order valence-corrected chi connectivity index (χ3v) is 0.598. The van der Waals surface area contributed by atoms with Crippen LogP contribution in [0, 0.1) is 0 Å². The van der Waals surface area contributed by atoms with Gasteiger partial charge in [0.15, 0.2) is 0 Å². The zero-order valence-electron chi connectivity index (χ0n) is 5.07. The Morgan fingerprint density at radius 1 is 1.20 bits per heavy atom. The van der Waals surface area contributed by atoms with Crippen molar-refractivity contribution in [2.75, 3.05) is 0 Å². The van der Waals surface area contributed by atoms with Crippen LogP contribution in [0.15, 0.2) is 24.3 Å². The van der Waals surface area contributed by atoms with Gasteiger partial charge in [0.25, 0.3) is 5.91 Å². The number of rotatable bonds is 3. The Hall–Kier alpha value is -1.58. The zero-order chi connectivity index (χ0) is 7.98. The molecule has 0 saturated carbocycles. The van der Waals surface area contributed by atoms with Crippen molar-refractivity contribution in [1.82, 2.24) is 5.73 Å². The molecule has 53 valence electrons. The van der Waals surface area contributed by atoms with Gasteiger partial charge in [0.05, 0.1) is 0 Å². The second-order valence-corrected chi connectivity index (χ2v) is 1.42. The van der Waals surface area contributed by atoms with E-state index in [0.717, 1.165) is 12.2 Å². The number of hydrogen-bond acceptors (Lipinski definition) is 2. The summed E-state index contributed by atoms with van der Waals surface area (Å²) in [6, 6.07) is 0. The molecule has 0 bridgehead atoms. The molecule has 0 aliphatic heterocycles. The molecular formula is C6H6NO3. The first kappa shape index (κ1) is 8.42. The first-order valence-corrected chi connectivity index (χ1v) is 2.46. The number of carbonyl (C=O) groups is 2. The highest BCUT2D eigenvalue weighted by Gasteiger charge is 1.82. The number of allylic oxidation sites excluding steroid dienone is 2. The molecule has 0 saturated heterocycles. The summed E-state index contributed by atoms with van der Waals surface area (Å²) in [6.07, 6.45) is 4.21. The molecule has 0 aromatic carbocycles. The fourth-order valence-corrected chi connectivity index (χ4v) is 0.281. The number of carboxylic acids is 1. The Bertz CT molecular complexity index is 171. The largest absolute Gasteiger partial charge is 0.478 e. The molecule has 0 aliphatic carbocycles. The molecule has 0 heterocycles. The smallest absolute Gasteiger partial charge is 0.328 e. The number of hydrogen-bond donors (Lipinski definition) is 1. The molecule has 4 nitrogen and oxygen atoms in total. The predicted octanol–water partition coefficient (Wildman–Crippen LogP) is -0.00710. The van der Waals surface area contributed by atoms with E-state index in [1.165, 1.54) is 12.2 Å². The Labute approximate surface area is 57.6 Å². The van der Waals surface area contributed by atoms with Crippen molar-refractivity contribution in [3.05, 3.63) is 24.3 Å². The Kier molecular flexibility index (Phi) is 3.63. The first-order valence-electron chi connectivity index (χ1n) is 2.46. The SMILES string of the molecule is [NH]C(=O)C=CC=CC(=O)O. The minimum absolute atomic E-state index is 0.852. The molecule has 2 N–H and O–H groups in total. The standard InChI is InChI=1S/C6H6NO3/c7-5(8)3-1-2-4-6(9)10/h1-4,7H,(H,9,10). The van der Waals surface area contributed by atoms with Gasteiger partial charge in [0.1, 0.15) is 0 Å². The molecule has 0 fully saturated rings. The number of carboxylic acid groups (broad SMARTS) is 1. The van der Waals surface area contributed by atoms with Gasteiger partial charge >= 0.3 is 5.97 Å². The van der Waals surface area contributed by atoms with E-state index in [9.17, 15) is 9.59 Å². The number of carbonyl (C=O) groups excluding carboxylic acids is 1. The van der Waals surface area contributed by atoms with Crippen LogP contribution in [-0.4, -0.2) is 17.0 Å². The quantitative estimate of drug-likeness (QED) is 0.442. The average molecular weight is 140 g/mol. The van der Waals surface area contributed by atoms with Gasteiger partial charge in [-0.2, -0.15) is 0 Å². The van der Waals surface area contributed by atoms with Crippen LogP contribution in [0.25, 0.3) is 0 Å². The number of nitrogens with one attached hydrogen (secondary N) is 1. The second kappa shape index (κ2) is 4.31. The summed E-state index contributed by atoms with van der Waals surface area (Å²) in [5.74, 6) is -1.93. The molecule has 4 heteroatoms. The van der Waals surface area contributed by atoms with Crippen molar-refractivity contribution in [2.24, 2.45) is 0 Å². The summed E-state index contributed by atoms with van der Waals surface area (Å²) in [5.41, 5.74) is 6.36. The van der Waals surface area contributed by atoms with Gasteiger partial charge in [0, 0.05) is 12.2 Å². The van der Waals surface area contributed by atoms with Crippen LogP contribution in [0.1, 0.15) is 0 Å². The maximum atomic E-state index is 9.89. The van der Waals surface area contributed by atoms with E-state index in [1.54, 1.807) is 0 Å². The van der Waals surface area contributed by atoms with E-state index in [-0.39, 0.29) is 0 Å². The Balaban J connectivity index is 3.73. The van der Waals surface area contributed by atoms with Crippen molar-refractivity contribution in [3.63, 3.8) is 0 Å². The van der Waals surface area contributed by atoms with E-state index in [0.29, 0.717) is 0 Å². The predicted molar refractivity (Wildman–Crippen MR) is 34.0 cm³/mol. The molecule has 0 aromatic heterocycles. The molecular weight excluding hydrogens is 134 g/mol. The van der Waals surface area contributed by atoms with Gasteiger partial charge < -0.3 is 5.11 Å². The zero-order valence-corrected chi connectivity index (χ0v) is 5.07. The molecule has 0 rings (SSSR count). The lowest BCUT2D eigenvalue weighted by molar-refractivity contribution is -0.131. The third kappa shape index (κ3) is 6.42. The van der Waals surface area contributed by atoms with Crippen molar-refractivity contribution in [1.29, 1.82) is 0 Å². The van der Waals surface area contributed by atoms with E-state index in [4.69, 9.17) is 10.8 Å². The fourth-order valence-electron chi connectivity index (χ4n) is 0.281. The molecule has 10 heavy (non-hydrogen) atoms. The molecule has 0 aliphatic rings. The van der Waals surface area contributed by atoms with Gasteiger partial charge in [-0.1, -0.05) is 12.2 Å². The summed E-state index contributed by atoms with van der Waals surface area (Å²) in [6.45, 7) is 0. The summed E-state index contributed by atoms with van der Waals surface area (Å²) in [4.78, 5) is 19.7. The van der Waals surface area contributed by atoms with Crippen LogP contribution in [0.5, 0.6) is 0 Å². The van der Waals surface area contributed by atoms with Crippen molar-refractivity contribution < 1.29 is 14.7 Å². The van der Waals surface area contributed by atoms with Crippen LogP contribution in [0.3, 0.4) is 0 Å². The van der Waals surface area contributed by atoms with Gasteiger partial charge in [-0.3, -0.25) is 10.5 Å². The van der Waals surface area contributed by atoms with Gasteiger partial charge in [-0.05, 0) is 0 Å². The highest BCUT2D eigenvalue weighted by Crippen LogP contribution is 1.76. The minimum atomic E-state index is -1.08. The van der Waals surface area contributed by atoms with Crippen molar-refractivity contribution >= 4 is 11.9 Å². The van der Waals surface area contributed by atoms with Crippen LogP contribution in [0.2, 0.25) is 0 Å². The minimum Gasteiger partial charge on any atom is -0.478 e. The molecule has 1 radical (unpaired) electrons.